The molecule has 0 aliphatic rings. The molecule has 18 heavy (non-hydrogen) atoms. The maximum absolute atomic E-state index is 10.8. The number of carboxylic acid groups (broad SMARTS) is 1. The third-order valence-electron chi connectivity index (χ3n) is 3.03. The number of aliphatic carboxylic acids is 1. The fourth-order valence-electron chi connectivity index (χ4n) is 2.33. The topological polar surface area (TPSA) is 40.5 Å². The highest BCUT2D eigenvalue weighted by Gasteiger charge is 2.23. The van der Waals surface area contributed by atoms with Crippen molar-refractivity contribution in [3.8, 4) is 0 Å². The first-order valence-electron chi connectivity index (χ1n) is 6.25. The maximum Gasteiger partial charge on any atom is 0.303 e. The molecule has 0 amide bonds. The summed E-state index contributed by atoms with van der Waals surface area (Å²) in [6, 6.07) is 8.30. The van der Waals surface area contributed by atoms with E-state index in [1.165, 1.54) is 11.1 Å². The monoisotopic (exact) mass is 249 g/mol. The van der Waals surface area contributed by atoms with Gasteiger partial charge < -0.3 is 10.0 Å². The first kappa shape index (κ1) is 14.7. The Morgan fingerprint density at radius 2 is 1.94 bits per heavy atom. The van der Waals surface area contributed by atoms with E-state index >= 15 is 0 Å². The van der Waals surface area contributed by atoms with Crippen molar-refractivity contribution in [1.29, 1.82) is 0 Å². The van der Waals surface area contributed by atoms with Crippen LogP contribution in [0.25, 0.3) is 0 Å². The van der Waals surface area contributed by atoms with Crippen LogP contribution < -0.4 is 0 Å². The van der Waals surface area contributed by atoms with Gasteiger partial charge in [0, 0.05) is 13.1 Å². The molecule has 1 aromatic rings. The summed E-state index contributed by atoms with van der Waals surface area (Å²) in [5.41, 5.74) is 2.37. The second-order valence-electron chi connectivity index (χ2n) is 5.83. The first-order valence-corrected chi connectivity index (χ1v) is 6.25. The smallest absolute Gasteiger partial charge is 0.303 e. The zero-order valence-corrected chi connectivity index (χ0v) is 11.7. The van der Waals surface area contributed by atoms with Crippen molar-refractivity contribution in [1.82, 2.24) is 4.90 Å². The van der Waals surface area contributed by atoms with Crippen LogP contribution in [0.1, 0.15) is 31.4 Å². The van der Waals surface area contributed by atoms with Crippen LogP contribution in [-0.2, 0) is 11.3 Å². The fraction of sp³-hybridized carbons (Fsp3) is 0.533. The van der Waals surface area contributed by atoms with Crippen molar-refractivity contribution in [2.75, 3.05) is 13.6 Å². The van der Waals surface area contributed by atoms with Crippen LogP contribution in [0, 0.1) is 12.3 Å². The number of carbonyl (C=O) groups is 1. The van der Waals surface area contributed by atoms with Crippen LogP contribution in [-0.4, -0.2) is 29.6 Å². The van der Waals surface area contributed by atoms with Crippen molar-refractivity contribution < 1.29 is 9.90 Å². The molecule has 0 aromatic heterocycles. The average molecular weight is 249 g/mol. The lowest BCUT2D eigenvalue weighted by Gasteiger charge is -2.29. The van der Waals surface area contributed by atoms with Gasteiger partial charge in [0.05, 0.1) is 6.42 Å². The Bertz CT molecular complexity index is 413. The van der Waals surface area contributed by atoms with E-state index in [0.29, 0.717) is 0 Å². The summed E-state index contributed by atoms with van der Waals surface area (Å²) in [6.07, 6.45) is 0.200. The summed E-state index contributed by atoms with van der Waals surface area (Å²) >= 11 is 0. The molecule has 1 aromatic carbocycles. The van der Waals surface area contributed by atoms with Gasteiger partial charge in [-0.25, -0.2) is 0 Å². The van der Waals surface area contributed by atoms with Crippen molar-refractivity contribution in [3.63, 3.8) is 0 Å². The molecule has 1 N–H and O–H groups in total. The zero-order chi connectivity index (χ0) is 13.8. The summed E-state index contributed by atoms with van der Waals surface area (Å²) in [5.74, 6) is -0.732. The average Bonchev–Trinajstić information content (AvgIpc) is 2.18. The molecule has 0 unspecified atom stereocenters. The summed E-state index contributed by atoms with van der Waals surface area (Å²) in [7, 11) is 2.04. The number of hydrogen-bond donors (Lipinski definition) is 1. The lowest BCUT2D eigenvalue weighted by Crippen LogP contribution is -2.32. The molecule has 0 aliphatic carbocycles. The minimum atomic E-state index is -0.732. The molecule has 0 saturated heterocycles. The van der Waals surface area contributed by atoms with E-state index in [0.717, 1.165) is 13.1 Å². The SMILES string of the molecule is Cc1ccccc1CN(C)CC(C)(C)CC(=O)O. The molecule has 0 bridgehead atoms. The van der Waals surface area contributed by atoms with Gasteiger partial charge in [0.1, 0.15) is 0 Å². The molecule has 3 heteroatoms. The normalized spacial score (nSPS) is 11.8. The molecule has 0 atom stereocenters. The first-order chi connectivity index (χ1) is 8.30. The third kappa shape index (κ3) is 4.88. The Kier molecular flexibility index (Phi) is 4.91. The van der Waals surface area contributed by atoms with Gasteiger partial charge in [0.25, 0.3) is 0 Å². The number of nitrogens with zero attached hydrogens (tertiary/aromatic N) is 1. The van der Waals surface area contributed by atoms with Crippen molar-refractivity contribution in [2.24, 2.45) is 5.41 Å². The highest BCUT2D eigenvalue weighted by Crippen LogP contribution is 2.22. The predicted molar refractivity (Wildman–Crippen MR) is 73.5 cm³/mol. The molecule has 100 valence electrons. The highest BCUT2D eigenvalue weighted by molar-refractivity contribution is 5.67. The summed E-state index contributed by atoms with van der Waals surface area (Å²) < 4.78 is 0. The van der Waals surface area contributed by atoms with Crippen LogP contribution in [0.4, 0.5) is 0 Å². The molecule has 0 fully saturated rings. The van der Waals surface area contributed by atoms with Crippen molar-refractivity contribution >= 4 is 5.97 Å². The van der Waals surface area contributed by atoms with Gasteiger partial charge >= 0.3 is 5.97 Å². The molecular formula is C15H23NO2. The van der Waals surface area contributed by atoms with Gasteiger partial charge in [-0.15, -0.1) is 0 Å². The number of carboxylic acids is 1. The summed E-state index contributed by atoms with van der Waals surface area (Å²) in [6.45, 7) is 7.72. The predicted octanol–water partition coefficient (Wildman–Crippen LogP) is 2.93. The van der Waals surface area contributed by atoms with E-state index in [1.54, 1.807) is 0 Å². The third-order valence-corrected chi connectivity index (χ3v) is 3.03. The molecule has 0 saturated carbocycles. The number of benzene rings is 1. The maximum atomic E-state index is 10.8. The van der Waals surface area contributed by atoms with Gasteiger partial charge in [-0.2, -0.15) is 0 Å². The Balaban J connectivity index is 2.59. The molecule has 0 aliphatic heterocycles. The number of aryl methyl sites for hydroxylation is 1. The van der Waals surface area contributed by atoms with E-state index in [4.69, 9.17) is 5.11 Å². The standard InChI is InChI=1S/C15H23NO2/c1-12-7-5-6-8-13(12)10-16(4)11-15(2,3)9-14(17)18/h5-8H,9-11H2,1-4H3,(H,17,18). The van der Waals surface area contributed by atoms with Crippen LogP contribution in [0.2, 0.25) is 0 Å². The summed E-state index contributed by atoms with van der Waals surface area (Å²) in [5, 5.41) is 8.88. The highest BCUT2D eigenvalue weighted by atomic mass is 16.4. The van der Waals surface area contributed by atoms with E-state index in [1.807, 2.05) is 33.0 Å². The number of hydrogen-bond acceptors (Lipinski definition) is 2. The van der Waals surface area contributed by atoms with Gasteiger partial charge in [-0.3, -0.25) is 4.79 Å². The molecular weight excluding hydrogens is 226 g/mol. The Hall–Kier alpha value is -1.35. The lowest BCUT2D eigenvalue weighted by molar-refractivity contribution is -0.139. The second kappa shape index (κ2) is 6.01. The Morgan fingerprint density at radius 1 is 1.33 bits per heavy atom. The molecule has 0 radical (unpaired) electrons. The molecule has 0 spiro atoms. The molecule has 3 nitrogen and oxygen atoms in total. The second-order valence-corrected chi connectivity index (χ2v) is 5.83. The quantitative estimate of drug-likeness (QED) is 0.842. The van der Waals surface area contributed by atoms with Crippen LogP contribution >= 0.6 is 0 Å². The van der Waals surface area contributed by atoms with Crippen LogP contribution in [0.5, 0.6) is 0 Å². The van der Waals surface area contributed by atoms with Gasteiger partial charge in [0.15, 0.2) is 0 Å². The van der Waals surface area contributed by atoms with Crippen LogP contribution in [0.3, 0.4) is 0 Å². The zero-order valence-electron chi connectivity index (χ0n) is 11.7. The van der Waals surface area contributed by atoms with E-state index in [-0.39, 0.29) is 11.8 Å². The minimum absolute atomic E-state index is 0.200. The molecule has 1 rings (SSSR count). The Morgan fingerprint density at radius 3 is 2.50 bits per heavy atom. The summed E-state index contributed by atoms with van der Waals surface area (Å²) in [4.78, 5) is 13.0. The molecule has 0 heterocycles. The van der Waals surface area contributed by atoms with Gasteiger partial charge in [0.2, 0.25) is 0 Å². The Labute approximate surface area is 109 Å². The van der Waals surface area contributed by atoms with E-state index in [9.17, 15) is 4.79 Å². The largest absolute Gasteiger partial charge is 0.481 e. The van der Waals surface area contributed by atoms with Crippen molar-refractivity contribution in [3.05, 3.63) is 35.4 Å². The van der Waals surface area contributed by atoms with Crippen LogP contribution in [0.15, 0.2) is 24.3 Å². The number of rotatable bonds is 6. The van der Waals surface area contributed by atoms with Crippen molar-refractivity contribution in [2.45, 2.75) is 33.7 Å². The minimum Gasteiger partial charge on any atom is -0.481 e. The fourth-order valence-corrected chi connectivity index (χ4v) is 2.33. The van der Waals surface area contributed by atoms with E-state index < -0.39 is 5.97 Å². The van der Waals surface area contributed by atoms with Gasteiger partial charge in [-0.05, 0) is 30.5 Å². The van der Waals surface area contributed by atoms with E-state index in [2.05, 4.69) is 24.0 Å². The lowest BCUT2D eigenvalue weighted by atomic mass is 9.88. The van der Waals surface area contributed by atoms with Gasteiger partial charge in [-0.1, -0.05) is 38.1 Å².